The van der Waals surface area contributed by atoms with E-state index in [1.807, 2.05) is 17.9 Å². The minimum Gasteiger partial charge on any atom is -0.352 e. The Labute approximate surface area is 108 Å². The first kappa shape index (κ1) is 13.1. The van der Waals surface area contributed by atoms with Gasteiger partial charge in [0.05, 0.1) is 6.20 Å². The van der Waals surface area contributed by atoms with Crippen LogP contribution in [0.1, 0.15) is 31.0 Å². The van der Waals surface area contributed by atoms with Crippen LogP contribution in [0.25, 0.3) is 0 Å². The molecule has 1 unspecified atom stereocenters. The third-order valence-electron chi connectivity index (χ3n) is 3.64. The molecule has 1 aliphatic rings. The lowest BCUT2D eigenvalue weighted by atomic mass is 10.0. The van der Waals surface area contributed by atoms with Gasteiger partial charge < -0.3 is 5.32 Å². The van der Waals surface area contributed by atoms with Gasteiger partial charge in [-0.1, -0.05) is 0 Å². The highest BCUT2D eigenvalue weighted by molar-refractivity contribution is 5.73. The predicted molar refractivity (Wildman–Crippen MR) is 70.1 cm³/mol. The van der Waals surface area contributed by atoms with Crippen molar-refractivity contribution in [3.8, 4) is 0 Å². The van der Waals surface area contributed by atoms with Gasteiger partial charge in [-0.3, -0.25) is 14.4 Å². The number of carbonyl (C=O) groups excluding carboxylic acids is 1. The summed E-state index contributed by atoms with van der Waals surface area (Å²) >= 11 is 0. The normalized spacial score (nSPS) is 20.9. The molecule has 2 rings (SSSR count). The summed E-state index contributed by atoms with van der Waals surface area (Å²) in [7, 11) is 1.97. The number of hydrogen-bond donors (Lipinski definition) is 1. The van der Waals surface area contributed by atoms with E-state index in [1.54, 1.807) is 6.92 Å². The van der Waals surface area contributed by atoms with Gasteiger partial charge in [-0.15, -0.1) is 0 Å². The molecular weight excluding hydrogens is 228 g/mol. The summed E-state index contributed by atoms with van der Waals surface area (Å²) in [5.41, 5.74) is 2.50. The number of piperidine rings is 1. The average Bonchev–Trinajstić information content (AvgIpc) is 2.61. The molecule has 0 bridgehead atoms. The summed E-state index contributed by atoms with van der Waals surface area (Å²) in [5, 5.41) is 7.29. The van der Waals surface area contributed by atoms with Gasteiger partial charge in [0.25, 0.3) is 0 Å². The molecule has 5 heteroatoms. The van der Waals surface area contributed by atoms with Crippen molar-refractivity contribution in [3.63, 3.8) is 0 Å². The number of nitrogens with zero attached hydrogens (tertiary/aromatic N) is 3. The van der Waals surface area contributed by atoms with Gasteiger partial charge in [0.1, 0.15) is 0 Å². The summed E-state index contributed by atoms with van der Waals surface area (Å²) in [6.07, 6.45) is 4.17. The van der Waals surface area contributed by atoms with Gasteiger partial charge in [0.2, 0.25) is 5.91 Å². The average molecular weight is 250 g/mol. The minimum absolute atomic E-state index is 0.0689. The van der Waals surface area contributed by atoms with Crippen molar-refractivity contribution in [1.82, 2.24) is 20.0 Å². The Kier molecular flexibility index (Phi) is 4.01. The third kappa shape index (κ3) is 3.10. The summed E-state index contributed by atoms with van der Waals surface area (Å²) in [6, 6.07) is 0.299. The van der Waals surface area contributed by atoms with Gasteiger partial charge in [0.15, 0.2) is 0 Å². The third-order valence-corrected chi connectivity index (χ3v) is 3.64. The molecule has 100 valence electrons. The summed E-state index contributed by atoms with van der Waals surface area (Å²) in [5.74, 6) is 0.0689. The van der Waals surface area contributed by atoms with Gasteiger partial charge in [0, 0.05) is 44.4 Å². The van der Waals surface area contributed by atoms with Crippen LogP contribution in [0.15, 0.2) is 6.20 Å². The Morgan fingerprint density at radius 1 is 1.61 bits per heavy atom. The van der Waals surface area contributed by atoms with E-state index in [0.29, 0.717) is 6.04 Å². The molecule has 0 aromatic carbocycles. The van der Waals surface area contributed by atoms with E-state index < -0.39 is 0 Å². The molecule has 2 heterocycles. The van der Waals surface area contributed by atoms with Crippen LogP contribution in [0.5, 0.6) is 0 Å². The van der Waals surface area contributed by atoms with Crippen LogP contribution in [0.2, 0.25) is 0 Å². The molecule has 1 amide bonds. The highest BCUT2D eigenvalue weighted by Crippen LogP contribution is 2.15. The predicted octanol–water partition coefficient (Wildman–Crippen LogP) is 0.829. The fraction of sp³-hybridized carbons (Fsp3) is 0.692. The minimum atomic E-state index is 0.0689. The first-order valence-electron chi connectivity index (χ1n) is 6.53. The van der Waals surface area contributed by atoms with Crippen molar-refractivity contribution >= 4 is 5.91 Å². The molecule has 1 aromatic heterocycles. The standard InChI is InChI=1S/C13H22N4O/c1-10-12(7-14-16(10)3)8-17-6-4-5-13(9-17)15-11(2)18/h7,13H,4-6,8-9H2,1-3H3,(H,15,18). The van der Waals surface area contributed by atoms with E-state index in [9.17, 15) is 4.79 Å². The van der Waals surface area contributed by atoms with E-state index in [1.165, 1.54) is 11.3 Å². The number of carbonyl (C=O) groups is 1. The maximum Gasteiger partial charge on any atom is 0.217 e. The van der Waals surface area contributed by atoms with Gasteiger partial charge >= 0.3 is 0 Å². The molecule has 18 heavy (non-hydrogen) atoms. The molecule has 0 radical (unpaired) electrons. The van der Waals surface area contributed by atoms with Gasteiger partial charge in [-0.05, 0) is 26.3 Å². The van der Waals surface area contributed by atoms with Crippen molar-refractivity contribution in [3.05, 3.63) is 17.5 Å². The van der Waals surface area contributed by atoms with Crippen molar-refractivity contribution in [2.75, 3.05) is 13.1 Å². The van der Waals surface area contributed by atoms with Crippen LogP contribution in [0.3, 0.4) is 0 Å². The van der Waals surface area contributed by atoms with Crippen LogP contribution in [0, 0.1) is 6.92 Å². The van der Waals surface area contributed by atoms with E-state index >= 15 is 0 Å². The molecule has 1 saturated heterocycles. The zero-order valence-corrected chi connectivity index (χ0v) is 11.4. The molecule has 1 N–H and O–H groups in total. The number of likely N-dealkylation sites (tertiary alicyclic amines) is 1. The lowest BCUT2D eigenvalue weighted by Gasteiger charge is -2.32. The van der Waals surface area contributed by atoms with Crippen LogP contribution < -0.4 is 5.32 Å². The first-order chi connectivity index (χ1) is 8.56. The molecule has 0 saturated carbocycles. The highest BCUT2D eigenvalue weighted by Gasteiger charge is 2.21. The Hall–Kier alpha value is -1.36. The Balaban J connectivity index is 1.93. The van der Waals surface area contributed by atoms with Gasteiger partial charge in [-0.2, -0.15) is 5.10 Å². The smallest absolute Gasteiger partial charge is 0.217 e. The SMILES string of the molecule is CC(=O)NC1CCCN(Cc2cnn(C)c2C)C1. The summed E-state index contributed by atoms with van der Waals surface area (Å²) in [6.45, 7) is 6.65. The fourth-order valence-corrected chi connectivity index (χ4v) is 2.54. The van der Waals surface area contributed by atoms with E-state index in [0.717, 1.165) is 32.5 Å². The molecule has 1 fully saturated rings. The second-order valence-corrected chi connectivity index (χ2v) is 5.15. The number of rotatable bonds is 3. The Bertz CT molecular complexity index is 427. The van der Waals surface area contributed by atoms with Crippen molar-refractivity contribution in [2.24, 2.45) is 7.05 Å². The van der Waals surface area contributed by atoms with Gasteiger partial charge in [-0.25, -0.2) is 0 Å². The quantitative estimate of drug-likeness (QED) is 0.864. The van der Waals surface area contributed by atoms with Crippen LogP contribution in [0.4, 0.5) is 0 Å². The molecule has 0 spiro atoms. The number of hydrogen-bond acceptors (Lipinski definition) is 3. The molecule has 1 aliphatic heterocycles. The van der Waals surface area contributed by atoms with E-state index in [4.69, 9.17) is 0 Å². The van der Waals surface area contributed by atoms with Crippen LogP contribution in [-0.2, 0) is 18.4 Å². The molecule has 1 atom stereocenters. The van der Waals surface area contributed by atoms with Crippen molar-refractivity contribution in [1.29, 1.82) is 0 Å². The second-order valence-electron chi connectivity index (χ2n) is 5.15. The molecule has 1 aromatic rings. The lowest BCUT2D eigenvalue weighted by molar-refractivity contribution is -0.120. The number of nitrogens with one attached hydrogen (secondary N) is 1. The highest BCUT2D eigenvalue weighted by atomic mass is 16.1. The largest absolute Gasteiger partial charge is 0.352 e. The molecule has 5 nitrogen and oxygen atoms in total. The Morgan fingerprint density at radius 3 is 3.00 bits per heavy atom. The van der Waals surface area contributed by atoms with E-state index in [2.05, 4.69) is 22.2 Å². The first-order valence-corrected chi connectivity index (χ1v) is 6.53. The van der Waals surface area contributed by atoms with Crippen molar-refractivity contribution < 1.29 is 4.79 Å². The molecule has 0 aliphatic carbocycles. The lowest BCUT2D eigenvalue weighted by Crippen LogP contribution is -2.46. The maximum atomic E-state index is 11.1. The fourth-order valence-electron chi connectivity index (χ4n) is 2.54. The summed E-state index contributed by atoms with van der Waals surface area (Å²) in [4.78, 5) is 13.5. The zero-order chi connectivity index (χ0) is 13.1. The Morgan fingerprint density at radius 2 is 2.39 bits per heavy atom. The molecular formula is C13H22N4O. The monoisotopic (exact) mass is 250 g/mol. The van der Waals surface area contributed by atoms with Crippen LogP contribution in [-0.4, -0.2) is 39.7 Å². The number of aromatic nitrogens is 2. The maximum absolute atomic E-state index is 11.1. The second kappa shape index (κ2) is 5.52. The topological polar surface area (TPSA) is 50.2 Å². The summed E-state index contributed by atoms with van der Waals surface area (Å²) < 4.78 is 1.91. The zero-order valence-electron chi connectivity index (χ0n) is 11.4. The van der Waals surface area contributed by atoms with Crippen molar-refractivity contribution in [2.45, 2.75) is 39.3 Å². The number of amides is 1. The van der Waals surface area contributed by atoms with E-state index in [-0.39, 0.29) is 5.91 Å². The number of aryl methyl sites for hydroxylation is 1. The van der Waals surface area contributed by atoms with Crippen LogP contribution >= 0.6 is 0 Å².